The topological polar surface area (TPSA) is 4.93 Å². The average molecular weight is 364 g/mol. The molecule has 23 heavy (non-hydrogen) atoms. The zero-order chi connectivity index (χ0) is 16.1. The van der Waals surface area contributed by atoms with Gasteiger partial charge in [0.2, 0.25) is 0 Å². The quantitative estimate of drug-likeness (QED) is 0.365. The van der Waals surface area contributed by atoms with E-state index in [0.29, 0.717) is 0 Å². The molecule has 0 atom stereocenters. The van der Waals surface area contributed by atoms with Crippen molar-refractivity contribution in [1.82, 2.24) is 4.57 Å². The molecule has 0 unspecified atom stereocenters. The van der Waals surface area contributed by atoms with Crippen LogP contribution in [0.15, 0.2) is 59.1 Å². The van der Waals surface area contributed by atoms with E-state index in [1.165, 1.54) is 44.2 Å². The number of rotatable bonds is 1. The molecule has 0 amide bonds. The second-order valence-electron chi connectivity index (χ2n) is 6.31. The van der Waals surface area contributed by atoms with Crippen molar-refractivity contribution < 1.29 is 0 Å². The molecule has 0 saturated carbocycles. The summed E-state index contributed by atoms with van der Waals surface area (Å²) in [6, 6.07) is 19.9. The first-order chi connectivity index (χ1) is 11.0. The maximum Gasteiger partial charge on any atom is 0.0541 e. The number of aryl methyl sites for hydroxylation is 3. The minimum atomic E-state index is 1.12. The molecular weight excluding hydrogens is 346 g/mol. The highest BCUT2D eigenvalue weighted by molar-refractivity contribution is 9.10. The molecule has 0 radical (unpaired) electrons. The lowest BCUT2D eigenvalue weighted by atomic mass is 10.1. The van der Waals surface area contributed by atoms with Crippen LogP contribution in [-0.4, -0.2) is 4.57 Å². The van der Waals surface area contributed by atoms with Gasteiger partial charge in [0.1, 0.15) is 0 Å². The highest BCUT2D eigenvalue weighted by Gasteiger charge is 2.13. The normalized spacial score (nSPS) is 11.5. The first kappa shape index (κ1) is 14.5. The number of benzene rings is 3. The van der Waals surface area contributed by atoms with E-state index < -0.39 is 0 Å². The van der Waals surface area contributed by atoms with Crippen molar-refractivity contribution in [2.45, 2.75) is 20.8 Å². The third kappa shape index (κ3) is 2.29. The maximum absolute atomic E-state index is 3.57. The van der Waals surface area contributed by atoms with Crippen LogP contribution in [-0.2, 0) is 0 Å². The Bertz CT molecular complexity index is 997. The minimum absolute atomic E-state index is 1.12. The lowest BCUT2D eigenvalue weighted by Crippen LogP contribution is -1.96. The van der Waals surface area contributed by atoms with Gasteiger partial charge in [-0.25, -0.2) is 0 Å². The molecule has 0 aliphatic rings. The van der Waals surface area contributed by atoms with Gasteiger partial charge in [0.25, 0.3) is 0 Å². The van der Waals surface area contributed by atoms with E-state index in [-0.39, 0.29) is 0 Å². The number of hydrogen-bond acceptors (Lipinski definition) is 0. The monoisotopic (exact) mass is 363 g/mol. The molecule has 0 aliphatic carbocycles. The number of aromatic nitrogens is 1. The lowest BCUT2D eigenvalue weighted by molar-refractivity contribution is 1.14. The maximum atomic E-state index is 3.57. The fourth-order valence-electron chi connectivity index (χ4n) is 3.38. The Morgan fingerprint density at radius 3 is 1.78 bits per heavy atom. The second-order valence-corrected chi connectivity index (χ2v) is 7.22. The second kappa shape index (κ2) is 5.24. The van der Waals surface area contributed by atoms with Gasteiger partial charge in [-0.2, -0.15) is 0 Å². The largest absolute Gasteiger partial charge is 0.309 e. The zero-order valence-electron chi connectivity index (χ0n) is 13.5. The van der Waals surface area contributed by atoms with Crippen LogP contribution in [0.2, 0.25) is 0 Å². The molecule has 0 N–H and O–H groups in total. The summed E-state index contributed by atoms with van der Waals surface area (Å²) in [5.74, 6) is 0. The van der Waals surface area contributed by atoms with Crippen molar-refractivity contribution in [2.24, 2.45) is 0 Å². The van der Waals surface area contributed by atoms with E-state index in [9.17, 15) is 0 Å². The molecule has 2 heteroatoms. The first-order valence-corrected chi connectivity index (χ1v) is 8.62. The molecular formula is C21H18BrN. The Labute approximate surface area is 144 Å². The van der Waals surface area contributed by atoms with Gasteiger partial charge in [-0.1, -0.05) is 39.2 Å². The van der Waals surface area contributed by atoms with Crippen molar-refractivity contribution in [3.63, 3.8) is 0 Å². The Balaban J connectivity index is 2.20. The van der Waals surface area contributed by atoms with Crippen LogP contribution < -0.4 is 0 Å². The van der Waals surface area contributed by atoms with E-state index >= 15 is 0 Å². The summed E-state index contributed by atoms with van der Waals surface area (Å²) < 4.78 is 3.50. The molecule has 0 fully saturated rings. The van der Waals surface area contributed by atoms with Gasteiger partial charge in [0, 0.05) is 20.9 Å². The Morgan fingerprint density at radius 2 is 1.26 bits per heavy atom. The predicted octanol–water partition coefficient (Wildman–Crippen LogP) is 6.47. The van der Waals surface area contributed by atoms with Crippen molar-refractivity contribution in [1.29, 1.82) is 0 Å². The first-order valence-electron chi connectivity index (χ1n) is 7.82. The summed E-state index contributed by atoms with van der Waals surface area (Å²) in [4.78, 5) is 0. The van der Waals surface area contributed by atoms with E-state index in [2.05, 4.69) is 95.9 Å². The summed E-state index contributed by atoms with van der Waals surface area (Å²) in [5, 5.41) is 2.65. The van der Waals surface area contributed by atoms with E-state index in [0.717, 1.165) is 4.47 Å². The smallest absolute Gasteiger partial charge is 0.0541 e. The van der Waals surface area contributed by atoms with Gasteiger partial charge >= 0.3 is 0 Å². The highest BCUT2D eigenvalue weighted by Crippen LogP contribution is 2.34. The Hall–Kier alpha value is -2.06. The van der Waals surface area contributed by atoms with Crippen LogP contribution in [0, 0.1) is 20.8 Å². The van der Waals surface area contributed by atoms with Crippen LogP contribution >= 0.6 is 15.9 Å². The minimum Gasteiger partial charge on any atom is -0.309 e. The van der Waals surface area contributed by atoms with E-state index in [1.807, 2.05) is 0 Å². The van der Waals surface area contributed by atoms with E-state index in [4.69, 9.17) is 0 Å². The SMILES string of the molecule is Cc1ccc2c(c1)c1cc(C)ccc1n2-c1ccc(Br)cc1C. The number of halogens is 1. The van der Waals surface area contributed by atoms with Gasteiger partial charge in [-0.3, -0.25) is 0 Å². The molecule has 4 rings (SSSR count). The molecule has 1 aromatic heterocycles. The fourth-order valence-corrected chi connectivity index (χ4v) is 3.86. The third-order valence-electron chi connectivity index (χ3n) is 4.48. The summed E-state index contributed by atoms with van der Waals surface area (Å²) >= 11 is 3.57. The third-order valence-corrected chi connectivity index (χ3v) is 4.97. The summed E-state index contributed by atoms with van der Waals surface area (Å²) in [7, 11) is 0. The molecule has 3 aromatic carbocycles. The van der Waals surface area contributed by atoms with Crippen LogP contribution in [0.5, 0.6) is 0 Å². The van der Waals surface area contributed by atoms with Crippen molar-refractivity contribution in [3.05, 3.63) is 75.8 Å². The van der Waals surface area contributed by atoms with Crippen LogP contribution in [0.1, 0.15) is 16.7 Å². The summed E-state index contributed by atoms with van der Waals surface area (Å²) in [5.41, 5.74) is 7.62. The molecule has 114 valence electrons. The van der Waals surface area contributed by atoms with Gasteiger partial charge in [0.05, 0.1) is 11.0 Å². The standard InChI is InChI=1S/C21H18BrN/c1-13-4-7-20-17(10-13)18-11-14(2)5-8-21(18)23(20)19-9-6-16(22)12-15(19)3/h4-12H,1-3H3. The zero-order valence-corrected chi connectivity index (χ0v) is 15.1. The molecule has 4 aromatic rings. The summed E-state index contributed by atoms with van der Waals surface area (Å²) in [6.45, 7) is 6.48. The van der Waals surface area contributed by atoms with Crippen LogP contribution in [0.3, 0.4) is 0 Å². The van der Waals surface area contributed by atoms with Crippen molar-refractivity contribution >= 4 is 37.7 Å². The fraction of sp³-hybridized carbons (Fsp3) is 0.143. The van der Waals surface area contributed by atoms with Gasteiger partial charge in [-0.15, -0.1) is 0 Å². The van der Waals surface area contributed by atoms with Gasteiger partial charge in [0.15, 0.2) is 0 Å². The number of nitrogens with zero attached hydrogens (tertiary/aromatic N) is 1. The molecule has 1 nitrogen and oxygen atoms in total. The molecule has 0 aliphatic heterocycles. The highest BCUT2D eigenvalue weighted by atomic mass is 79.9. The van der Waals surface area contributed by atoms with Crippen molar-refractivity contribution in [2.75, 3.05) is 0 Å². The molecule has 0 saturated heterocycles. The van der Waals surface area contributed by atoms with Gasteiger partial charge in [-0.05, 0) is 68.8 Å². The molecule has 0 bridgehead atoms. The van der Waals surface area contributed by atoms with Gasteiger partial charge < -0.3 is 4.57 Å². The number of fused-ring (bicyclic) bond motifs is 3. The number of hydrogen-bond donors (Lipinski definition) is 0. The Morgan fingerprint density at radius 1 is 0.696 bits per heavy atom. The summed E-state index contributed by atoms with van der Waals surface area (Å²) in [6.07, 6.45) is 0. The van der Waals surface area contributed by atoms with Crippen LogP contribution in [0.4, 0.5) is 0 Å². The van der Waals surface area contributed by atoms with E-state index in [1.54, 1.807) is 0 Å². The van der Waals surface area contributed by atoms with Crippen molar-refractivity contribution in [3.8, 4) is 5.69 Å². The lowest BCUT2D eigenvalue weighted by Gasteiger charge is -2.11. The van der Waals surface area contributed by atoms with Crippen LogP contribution in [0.25, 0.3) is 27.5 Å². The average Bonchev–Trinajstić information content (AvgIpc) is 2.81. The molecule has 1 heterocycles. The Kier molecular flexibility index (Phi) is 3.31. The predicted molar refractivity (Wildman–Crippen MR) is 103 cm³/mol. The molecule has 0 spiro atoms.